The van der Waals surface area contributed by atoms with Crippen molar-refractivity contribution in [2.45, 2.75) is 19.4 Å². The fourth-order valence-corrected chi connectivity index (χ4v) is 2.10. The first-order valence-corrected chi connectivity index (χ1v) is 6.33. The largest absolute Gasteiger partial charge is 0.478 e. The van der Waals surface area contributed by atoms with E-state index in [1.807, 2.05) is 6.07 Å². The molecule has 2 aromatic rings. The summed E-state index contributed by atoms with van der Waals surface area (Å²) in [4.78, 5) is 17.4. The second-order valence-electron chi connectivity index (χ2n) is 5.10. The molecule has 1 aromatic heterocycles. The zero-order valence-electron chi connectivity index (χ0n) is 11.5. The number of benzene rings is 1. The van der Waals surface area contributed by atoms with Gasteiger partial charge in [0.15, 0.2) is 0 Å². The number of nitrogens with zero attached hydrogens (tertiary/aromatic N) is 3. The van der Waals surface area contributed by atoms with E-state index in [1.165, 1.54) is 0 Å². The van der Waals surface area contributed by atoms with E-state index in [0.717, 1.165) is 24.0 Å². The molecule has 5 nitrogen and oxygen atoms in total. The van der Waals surface area contributed by atoms with Crippen molar-refractivity contribution in [3.05, 3.63) is 30.1 Å². The van der Waals surface area contributed by atoms with Crippen LogP contribution in [0.4, 0.5) is 0 Å². The standard InChI is InChI=1S/C14H19N3O2/c1-10(6-7-16(2)3)17-9-15-12-8-11(14(18)19)4-5-13(12)17/h4-5,8-10H,6-7H2,1-3H3,(H,18,19). The Labute approximate surface area is 112 Å². The Kier molecular flexibility index (Phi) is 3.85. The molecule has 0 amide bonds. The average molecular weight is 261 g/mol. The normalized spacial score (nSPS) is 13.1. The number of aromatic nitrogens is 2. The molecule has 0 fully saturated rings. The van der Waals surface area contributed by atoms with Crippen LogP contribution in [0, 0.1) is 0 Å². The highest BCUT2D eigenvalue weighted by Gasteiger charge is 2.11. The topological polar surface area (TPSA) is 58.4 Å². The second kappa shape index (κ2) is 5.40. The molecule has 0 radical (unpaired) electrons. The highest BCUT2D eigenvalue weighted by Crippen LogP contribution is 2.21. The molecule has 1 atom stereocenters. The molecule has 1 N–H and O–H groups in total. The summed E-state index contributed by atoms with van der Waals surface area (Å²) in [5, 5.41) is 8.97. The molecular weight excluding hydrogens is 242 g/mol. The molecule has 102 valence electrons. The number of hydrogen-bond donors (Lipinski definition) is 1. The molecule has 0 aliphatic heterocycles. The molecule has 0 aliphatic carbocycles. The van der Waals surface area contributed by atoms with Crippen LogP contribution < -0.4 is 0 Å². The highest BCUT2D eigenvalue weighted by atomic mass is 16.4. The van der Waals surface area contributed by atoms with Crippen LogP contribution >= 0.6 is 0 Å². The molecule has 0 spiro atoms. The Morgan fingerprint density at radius 1 is 1.47 bits per heavy atom. The predicted molar refractivity (Wildman–Crippen MR) is 74.6 cm³/mol. The van der Waals surface area contributed by atoms with Crippen molar-refractivity contribution in [3.63, 3.8) is 0 Å². The van der Waals surface area contributed by atoms with Gasteiger partial charge in [-0.2, -0.15) is 0 Å². The first-order chi connectivity index (χ1) is 8.99. The summed E-state index contributed by atoms with van der Waals surface area (Å²) in [5.74, 6) is -0.919. The lowest BCUT2D eigenvalue weighted by molar-refractivity contribution is 0.0697. The Balaban J connectivity index is 2.27. The van der Waals surface area contributed by atoms with Gasteiger partial charge < -0.3 is 14.6 Å². The minimum Gasteiger partial charge on any atom is -0.478 e. The lowest BCUT2D eigenvalue weighted by atomic mass is 10.2. The van der Waals surface area contributed by atoms with Crippen molar-refractivity contribution in [3.8, 4) is 0 Å². The number of hydrogen-bond acceptors (Lipinski definition) is 3. The number of carbonyl (C=O) groups is 1. The van der Waals surface area contributed by atoms with Gasteiger partial charge in [-0.25, -0.2) is 9.78 Å². The van der Waals surface area contributed by atoms with E-state index in [-0.39, 0.29) is 5.56 Å². The van der Waals surface area contributed by atoms with E-state index >= 15 is 0 Å². The molecule has 1 unspecified atom stereocenters. The van der Waals surface area contributed by atoms with Gasteiger partial charge in [-0.15, -0.1) is 0 Å². The predicted octanol–water partition coefficient (Wildman–Crippen LogP) is 2.25. The van der Waals surface area contributed by atoms with Gasteiger partial charge in [0, 0.05) is 6.04 Å². The third-order valence-corrected chi connectivity index (χ3v) is 3.29. The molecule has 0 saturated carbocycles. The number of fused-ring (bicyclic) bond motifs is 1. The van der Waals surface area contributed by atoms with Crippen LogP contribution in [0.1, 0.15) is 29.7 Å². The molecule has 0 aliphatic rings. The van der Waals surface area contributed by atoms with Crippen LogP contribution in [0.5, 0.6) is 0 Å². The molecule has 0 saturated heterocycles. The van der Waals surface area contributed by atoms with Gasteiger partial charge in [0.2, 0.25) is 0 Å². The fraction of sp³-hybridized carbons (Fsp3) is 0.429. The van der Waals surface area contributed by atoms with Crippen LogP contribution in [0.25, 0.3) is 11.0 Å². The third kappa shape index (κ3) is 2.93. The van der Waals surface area contributed by atoms with Crippen LogP contribution in [-0.2, 0) is 0 Å². The Hall–Kier alpha value is -1.88. The van der Waals surface area contributed by atoms with E-state index in [4.69, 9.17) is 5.11 Å². The quantitative estimate of drug-likeness (QED) is 0.896. The number of aromatic carboxylic acids is 1. The van der Waals surface area contributed by atoms with Crippen molar-refractivity contribution < 1.29 is 9.90 Å². The lowest BCUT2D eigenvalue weighted by Crippen LogP contribution is -2.17. The monoisotopic (exact) mass is 261 g/mol. The van der Waals surface area contributed by atoms with Crippen molar-refractivity contribution in [1.82, 2.24) is 14.5 Å². The second-order valence-corrected chi connectivity index (χ2v) is 5.10. The zero-order valence-corrected chi connectivity index (χ0v) is 11.5. The van der Waals surface area contributed by atoms with E-state index in [1.54, 1.807) is 18.5 Å². The Morgan fingerprint density at radius 3 is 2.84 bits per heavy atom. The number of carboxylic acid groups (broad SMARTS) is 1. The molecule has 1 aromatic carbocycles. The van der Waals surface area contributed by atoms with Gasteiger partial charge in [0.05, 0.1) is 22.9 Å². The molecule has 19 heavy (non-hydrogen) atoms. The van der Waals surface area contributed by atoms with Gasteiger partial charge in [-0.1, -0.05) is 0 Å². The summed E-state index contributed by atoms with van der Waals surface area (Å²) in [5.41, 5.74) is 1.99. The summed E-state index contributed by atoms with van der Waals surface area (Å²) in [6.45, 7) is 3.16. The zero-order chi connectivity index (χ0) is 14.0. The van der Waals surface area contributed by atoms with E-state index in [0.29, 0.717) is 6.04 Å². The third-order valence-electron chi connectivity index (χ3n) is 3.29. The van der Waals surface area contributed by atoms with Crippen LogP contribution in [-0.4, -0.2) is 46.2 Å². The van der Waals surface area contributed by atoms with Gasteiger partial charge in [-0.05, 0) is 52.2 Å². The molecule has 1 heterocycles. The number of carboxylic acids is 1. The van der Waals surface area contributed by atoms with Crippen molar-refractivity contribution in [2.24, 2.45) is 0 Å². The van der Waals surface area contributed by atoms with E-state index in [9.17, 15) is 4.79 Å². The van der Waals surface area contributed by atoms with Crippen LogP contribution in [0.15, 0.2) is 24.5 Å². The first-order valence-electron chi connectivity index (χ1n) is 6.33. The Morgan fingerprint density at radius 2 is 2.21 bits per heavy atom. The maximum atomic E-state index is 10.9. The highest BCUT2D eigenvalue weighted by molar-refractivity contribution is 5.92. The van der Waals surface area contributed by atoms with Crippen LogP contribution in [0.3, 0.4) is 0 Å². The minimum absolute atomic E-state index is 0.277. The van der Waals surface area contributed by atoms with Crippen molar-refractivity contribution in [2.75, 3.05) is 20.6 Å². The summed E-state index contributed by atoms with van der Waals surface area (Å²) in [6.07, 6.45) is 2.82. The summed E-state index contributed by atoms with van der Waals surface area (Å²) in [7, 11) is 4.11. The SMILES string of the molecule is CC(CCN(C)C)n1cnc2cc(C(=O)O)ccc21. The smallest absolute Gasteiger partial charge is 0.335 e. The van der Waals surface area contributed by atoms with Crippen molar-refractivity contribution >= 4 is 17.0 Å². The maximum Gasteiger partial charge on any atom is 0.335 e. The number of imidazole rings is 1. The van der Waals surface area contributed by atoms with Gasteiger partial charge in [-0.3, -0.25) is 0 Å². The Bertz CT molecular complexity index is 589. The summed E-state index contributed by atoms with van der Waals surface area (Å²) < 4.78 is 2.10. The van der Waals surface area contributed by atoms with Gasteiger partial charge in [0.25, 0.3) is 0 Å². The maximum absolute atomic E-state index is 10.9. The summed E-state index contributed by atoms with van der Waals surface area (Å²) >= 11 is 0. The minimum atomic E-state index is -0.919. The van der Waals surface area contributed by atoms with Crippen LogP contribution in [0.2, 0.25) is 0 Å². The van der Waals surface area contributed by atoms with E-state index < -0.39 is 5.97 Å². The van der Waals surface area contributed by atoms with Gasteiger partial charge in [0.1, 0.15) is 0 Å². The average Bonchev–Trinajstić information content (AvgIpc) is 2.78. The number of rotatable bonds is 5. The molecule has 0 bridgehead atoms. The van der Waals surface area contributed by atoms with Gasteiger partial charge >= 0.3 is 5.97 Å². The summed E-state index contributed by atoms with van der Waals surface area (Å²) in [6, 6.07) is 5.41. The molecule has 5 heteroatoms. The lowest BCUT2D eigenvalue weighted by Gasteiger charge is -2.17. The molecule has 2 rings (SSSR count). The first kappa shape index (κ1) is 13.5. The fourth-order valence-electron chi connectivity index (χ4n) is 2.10. The molecular formula is C14H19N3O2. The van der Waals surface area contributed by atoms with E-state index in [2.05, 4.69) is 35.5 Å². The van der Waals surface area contributed by atoms with Crippen molar-refractivity contribution in [1.29, 1.82) is 0 Å².